The molecule has 0 aliphatic rings. The van der Waals surface area contributed by atoms with E-state index in [1.165, 1.54) is 6.20 Å². The van der Waals surface area contributed by atoms with Gasteiger partial charge in [0.1, 0.15) is 11.4 Å². The summed E-state index contributed by atoms with van der Waals surface area (Å²) < 4.78 is 1.87. The van der Waals surface area contributed by atoms with Crippen LogP contribution >= 0.6 is 0 Å². The molecular weight excluding hydrogens is 318 g/mol. The molecule has 3 heterocycles. The van der Waals surface area contributed by atoms with E-state index in [0.717, 1.165) is 11.5 Å². The van der Waals surface area contributed by atoms with Gasteiger partial charge in [-0.1, -0.05) is 18.2 Å². The Morgan fingerprint density at radius 1 is 1.12 bits per heavy atom. The second-order valence-electron chi connectivity index (χ2n) is 5.63. The molecule has 0 radical (unpaired) electrons. The molecule has 25 heavy (non-hydrogen) atoms. The monoisotopic (exact) mass is 333 g/mol. The maximum atomic E-state index is 12.4. The molecule has 124 valence electrons. The number of pyridine rings is 2. The number of nitrogens with one attached hydrogen (secondary N) is 2. The molecule has 0 atom stereocenters. The van der Waals surface area contributed by atoms with Crippen LogP contribution in [0.2, 0.25) is 0 Å². The Morgan fingerprint density at radius 3 is 2.88 bits per heavy atom. The molecule has 3 aromatic heterocycles. The Labute approximate surface area is 142 Å². The van der Waals surface area contributed by atoms with Crippen molar-refractivity contribution < 1.29 is 4.79 Å². The quantitative estimate of drug-likeness (QED) is 0.592. The predicted molar refractivity (Wildman–Crippen MR) is 93.6 cm³/mol. The standard InChI is InChI=1S/C18H15N5O2/c24-17-12-5-1-2-6-14(12)20-11-13(17)18(25)19-9-8-16-22-21-15-7-3-4-10-23(15)16/h1-7,10-11H,8-9H2,(H,19,25)(H,20,24). The number of hydrogen-bond donors (Lipinski definition) is 2. The highest BCUT2D eigenvalue weighted by atomic mass is 16.2. The summed E-state index contributed by atoms with van der Waals surface area (Å²) in [5.74, 6) is 0.351. The van der Waals surface area contributed by atoms with Crippen molar-refractivity contribution in [2.45, 2.75) is 6.42 Å². The number of fused-ring (bicyclic) bond motifs is 2. The van der Waals surface area contributed by atoms with Crippen LogP contribution in [0.15, 0.2) is 59.7 Å². The molecule has 1 amide bonds. The highest BCUT2D eigenvalue weighted by molar-refractivity contribution is 5.97. The fourth-order valence-electron chi connectivity index (χ4n) is 2.78. The van der Waals surface area contributed by atoms with Gasteiger partial charge in [-0.15, -0.1) is 10.2 Å². The van der Waals surface area contributed by atoms with E-state index in [1.54, 1.807) is 18.2 Å². The number of rotatable bonds is 4. The van der Waals surface area contributed by atoms with Crippen molar-refractivity contribution in [3.05, 3.63) is 76.5 Å². The van der Waals surface area contributed by atoms with Gasteiger partial charge < -0.3 is 10.3 Å². The Kier molecular flexibility index (Phi) is 3.74. The molecule has 0 spiro atoms. The summed E-state index contributed by atoms with van der Waals surface area (Å²) in [5.41, 5.74) is 1.29. The van der Waals surface area contributed by atoms with Crippen LogP contribution in [0.1, 0.15) is 16.2 Å². The van der Waals surface area contributed by atoms with Crippen LogP contribution in [0.5, 0.6) is 0 Å². The zero-order valence-corrected chi connectivity index (χ0v) is 13.3. The van der Waals surface area contributed by atoms with Crippen LogP contribution in [0.4, 0.5) is 0 Å². The number of aromatic nitrogens is 4. The topological polar surface area (TPSA) is 92.2 Å². The molecule has 0 bridgehead atoms. The number of carbonyl (C=O) groups excluding carboxylic acids is 1. The molecule has 0 unspecified atom stereocenters. The highest BCUT2D eigenvalue weighted by Crippen LogP contribution is 2.07. The van der Waals surface area contributed by atoms with Gasteiger partial charge >= 0.3 is 0 Å². The van der Waals surface area contributed by atoms with Gasteiger partial charge in [0.15, 0.2) is 5.65 Å². The molecule has 0 saturated carbocycles. The lowest BCUT2D eigenvalue weighted by atomic mass is 10.1. The van der Waals surface area contributed by atoms with Crippen LogP contribution in [-0.4, -0.2) is 32.0 Å². The number of H-pyrrole nitrogens is 1. The summed E-state index contributed by atoms with van der Waals surface area (Å²) in [4.78, 5) is 27.7. The predicted octanol–water partition coefficient (Wildman–Crippen LogP) is 1.54. The number of para-hydroxylation sites is 1. The summed E-state index contributed by atoms with van der Waals surface area (Å²) in [5, 5.41) is 11.5. The smallest absolute Gasteiger partial charge is 0.256 e. The van der Waals surface area contributed by atoms with Crippen molar-refractivity contribution in [2.75, 3.05) is 6.54 Å². The second-order valence-corrected chi connectivity index (χ2v) is 5.63. The zero-order valence-electron chi connectivity index (χ0n) is 13.3. The molecule has 0 aliphatic heterocycles. The van der Waals surface area contributed by atoms with Crippen molar-refractivity contribution in [1.82, 2.24) is 24.9 Å². The van der Waals surface area contributed by atoms with E-state index in [1.807, 2.05) is 34.9 Å². The number of benzene rings is 1. The Bertz CT molecular complexity index is 1130. The van der Waals surface area contributed by atoms with Crippen molar-refractivity contribution in [3.63, 3.8) is 0 Å². The van der Waals surface area contributed by atoms with E-state index in [-0.39, 0.29) is 11.0 Å². The number of carbonyl (C=O) groups is 1. The van der Waals surface area contributed by atoms with E-state index in [4.69, 9.17) is 0 Å². The lowest BCUT2D eigenvalue weighted by Gasteiger charge is -2.05. The summed E-state index contributed by atoms with van der Waals surface area (Å²) in [6, 6.07) is 12.8. The van der Waals surface area contributed by atoms with Gasteiger partial charge in [0, 0.05) is 36.3 Å². The minimum absolute atomic E-state index is 0.102. The van der Waals surface area contributed by atoms with Crippen LogP contribution < -0.4 is 10.7 Å². The average molecular weight is 333 g/mol. The van der Waals surface area contributed by atoms with Gasteiger partial charge in [-0.2, -0.15) is 0 Å². The third-order valence-corrected chi connectivity index (χ3v) is 4.05. The summed E-state index contributed by atoms with van der Waals surface area (Å²) in [6.45, 7) is 0.362. The van der Waals surface area contributed by atoms with Gasteiger partial charge in [0.05, 0.1) is 0 Å². The maximum Gasteiger partial charge on any atom is 0.256 e. The first kappa shape index (κ1) is 15.1. The molecule has 0 fully saturated rings. The number of nitrogens with zero attached hydrogens (tertiary/aromatic N) is 3. The third-order valence-electron chi connectivity index (χ3n) is 4.05. The number of aromatic amines is 1. The molecule has 2 N–H and O–H groups in total. The molecule has 4 rings (SSSR count). The molecule has 0 saturated heterocycles. The van der Waals surface area contributed by atoms with Gasteiger partial charge in [0.2, 0.25) is 5.43 Å². The largest absolute Gasteiger partial charge is 0.360 e. The van der Waals surface area contributed by atoms with Crippen molar-refractivity contribution in [2.24, 2.45) is 0 Å². The first-order valence-electron chi connectivity index (χ1n) is 7.91. The lowest BCUT2D eigenvalue weighted by Crippen LogP contribution is -2.30. The first-order chi connectivity index (χ1) is 12.2. The number of hydrogen-bond acceptors (Lipinski definition) is 4. The van der Waals surface area contributed by atoms with Gasteiger partial charge in [-0.25, -0.2) is 0 Å². The van der Waals surface area contributed by atoms with Crippen LogP contribution in [0.25, 0.3) is 16.6 Å². The van der Waals surface area contributed by atoms with Crippen LogP contribution in [0.3, 0.4) is 0 Å². The van der Waals surface area contributed by atoms with E-state index >= 15 is 0 Å². The lowest BCUT2D eigenvalue weighted by molar-refractivity contribution is 0.0952. The molecule has 7 nitrogen and oxygen atoms in total. The second kappa shape index (κ2) is 6.20. The van der Waals surface area contributed by atoms with Crippen molar-refractivity contribution >= 4 is 22.5 Å². The van der Waals surface area contributed by atoms with E-state index < -0.39 is 5.91 Å². The van der Waals surface area contributed by atoms with Crippen molar-refractivity contribution in [1.29, 1.82) is 0 Å². The highest BCUT2D eigenvalue weighted by Gasteiger charge is 2.13. The normalized spacial score (nSPS) is 11.0. The molecule has 1 aromatic carbocycles. The molecule has 0 aliphatic carbocycles. The Balaban J connectivity index is 1.49. The Morgan fingerprint density at radius 2 is 1.96 bits per heavy atom. The minimum Gasteiger partial charge on any atom is -0.360 e. The molecular formula is C18H15N5O2. The van der Waals surface area contributed by atoms with Crippen LogP contribution in [0, 0.1) is 0 Å². The van der Waals surface area contributed by atoms with Crippen molar-refractivity contribution in [3.8, 4) is 0 Å². The van der Waals surface area contributed by atoms with Gasteiger partial charge in [-0.3, -0.25) is 14.0 Å². The first-order valence-corrected chi connectivity index (χ1v) is 7.91. The number of amides is 1. The van der Waals surface area contributed by atoms with Crippen LogP contribution in [-0.2, 0) is 6.42 Å². The van der Waals surface area contributed by atoms with Gasteiger partial charge in [0.25, 0.3) is 5.91 Å². The minimum atomic E-state index is -0.402. The van der Waals surface area contributed by atoms with E-state index in [9.17, 15) is 9.59 Å². The summed E-state index contributed by atoms with van der Waals surface area (Å²) in [6.07, 6.45) is 3.84. The molecule has 7 heteroatoms. The zero-order chi connectivity index (χ0) is 17.2. The maximum absolute atomic E-state index is 12.4. The average Bonchev–Trinajstić information content (AvgIpc) is 3.05. The SMILES string of the molecule is O=C(NCCc1nnc2ccccn12)c1c[nH]c2ccccc2c1=O. The fourth-order valence-corrected chi connectivity index (χ4v) is 2.78. The molecule has 4 aromatic rings. The fraction of sp³-hybridized carbons (Fsp3) is 0.111. The van der Waals surface area contributed by atoms with E-state index in [0.29, 0.717) is 23.9 Å². The summed E-state index contributed by atoms with van der Waals surface area (Å²) in [7, 11) is 0. The summed E-state index contributed by atoms with van der Waals surface area (Å²) >= 11 is 0. The van der Waals surface area contributed by atoms with E-state index in [2.05, 4.69) is 20.5 Å². The van der Waals surface area contributed by atoms with Gasteiger partial charge in [-0.05, 0) is 24.3 Å². The Hall–Kier alpha value is -3.48. The third kappa shape index (κ3) is 2.76.